The molecule has 0 bridgehead atoms. The molecule has 56 valence electrons. The molecule has 0 heteroatoms. The van der Waals surface area contributed by atoms with Crippen LogP contribution in [0.15, 0.2) is 11.1 Å². The van der Waals surface area contributed by atoms with Crippen molar-refractivity contribution < 1.29 is 0 Å². The Balaban J connectivity index is 2.16. The van der Waals surface area contributed by atoms with E-state index in [4.69, 9.17) is 0 Å². The molecule has 1 fully saturated rings. The van der Waals surface area contributed by atoms with Crippen molar-refractivity contribution in [2.75, 3.05) is 0 Å². The van der Waals surface area contributed by atoms with E-state index in [9.17, 15) is 0 Å². The fourth-order valence-corrected chi connectivity index (χ4v) is 2.30. The molecule has 0 saturated heterocycles. The Morgan fingerprint density at radius 1 is 1.50 bits per heavy atom. The van der Waals surface area contributed by atoms with E-state index < -0.39 is 0 Å². The molecule has 0 radical (unpaired) electrons. The normalized spacial score (nSPS) is 37.8. The zero-order valence-electron chi connectivity index (χ0n) is 6.98. The maximum atomic E-state index is 2.41. The average molecular weight is 136 g/mol. The maximum absolute atomic E-state index is 2.41. The molecular weight excluding hydrogens is 120 g/mol. The minimum atomic E-state index is 1.00. The van der Waals surface area contributed by atoms with E-state index in [0.717, 1.165) is 11.8 Å². The van der Waals surface area contributed by atoms with Gasteiger partial charge in [-0.3, -0.25) is 0 Å². The fourth-order valence-electron chi connectivity index (χ4n) is 2.30. The van der Waals surface area contributed by atoms with E-state index in [1.165, 1.54) is 25.7 Å². The molecule has 2 rings (SSSR count). The summed E-state index contributed by atoms with van der Waals surface area (Å²) in [5, 5.41) is 0. The molecular formula is C10H16. The summed E-state index contributed by atoms with van der Waals surface area (Å²) in [6.07, 6.45) is 5.63. The molecule has 0 amide bonds. The Hall–Kier alpha value is -0.260. The first-order chi connectivity index (χ1) is 4.83. The van der Waals surface area contributed by atoms with Gasteiger partial charge in [0.05, 0.1) is 0 Å². The smallest absolute Gasteiger partial charge is 0.0137 e. The van der Waals surface area contributed by atoms with Gasteiger partial charge in [-0.15, -0.1) is 0 Å². The van der Waals surface area contributed by atoms with Crippen molar-refractivity contribution in [1.29, 1.82) is 0 Å². The molecule has 0 spiro atoms. The third-order valence-electron chi connectivity index (χ3n) is 3.20. The summed E-state index contributed by atoms with van der Waals surface area (Å²) in [4.78, 5) is 0. The van der Waals surface area contributed by atoms with Crippen LogP contribution < -0.4 is 0 Å². The van der Waals surface area contributed by atoms with Gasteiger partial charge >= 0.3 is 0 Å². The Morgan fingerprint density at radius 2 is 2.30 bits per heavy atom. The fraction of sp³-hybridized carbons (Fsp3) is 0.800. The average Bonchev–Trinajstić information content (AvgIpc) is 2.68. The molecule has 1 saturated carbocycles. The van der Waals surface area contributed by atoms with E-state index in [-0.39, 0.29) is 0 Å². The Morgan fingerprint density at radius 3 is 3.00 bits per heavy atom. The molecule has 2 unspecified atom stereocenters. The van der Waals surface area contributed by atoms with Crippen molar-refractivity contribution in [2.24, 2.45) is 11.8 Å². The number of hydrogen-bond donors (Lipinski definition) is 0. The summed E-state index contributed by atoms with van der Waals surface area (Å²) in [5.74, 6) is 2.04. The highest BCUT2D eigenvalue weighted by Crippen LogP contribution is 2.52. The first-order valence-corrected chi connectivity index (χ1v) is 4.53. The second kappa shape index (κ2) is 2.11. The van der Waals surface area contributed by atoms with Crippen molar-refractivity contribution in [2.45, 2.75) is 39.5 Å². The van der Waals surface area contributed by atoms with Crippen LogP contribution in [0.2, 0.25) is 0 Å². The molecule has 0 N–H and O–H groups in total. The Bertz CT molecular complexity index is 176. The van der Waals surface area contributed by atoms with Gasteiger partial charge in [0.1, 0.15) is 0 Å². The standard InChI is InChI=1S/C10H16/c1-3-8-5-4-7(2)9-6-10(8)9/h7,9H,3-6H2,1-2H3. The van der Waals surface area contributed by atoms with Crippen LogP contribution in [0, 0.1) is 11.8 Å². The van der Waals surface area contributed by atoms with Crippen molar-refractivity contribution in [1.82, 2.24) is 0 Å². The number of rotatable bonds is 1. The van der Waals surface area contributed by atoms with Crippen molar-refractivity contribution in [3.63, 3.8) is 0 Å². The monoisotopic (exact) mass is 136 g/mol. The zero-order valence-corrected chi connectivity index (χ0v) is 6.98. The van der Waals surface area contributed by atoms with E-state index >= 15 is 0 Å². The third kappa shape index (κ3) is 0.817. The van der Waals surface area contributed by atoms with Crippen LogP contribution >= 0.6 is 0 Å². The van der Waals surface area contributed by atoms with Gasteiger partial charge < -0.3 is 0 Å². The molecule has 0 aromatic heterocycles. The summed E-state index contributed by atoms with van der Waals surface area (Å²) < 4.78 is 0. The highest BCUT2D eigenvalue weighted by molar-refractivity contribution is 5.33. The Labute approximate surface area is 63.3 Å². The first kappa shape index (κ1) is 6.45. The van der Waals surface area contributed by atoms with Crippen LogP contribution in [0.4, 0.5) is 0 Å². The largest absolute Gasteiger partial charge is 0.0709 e. The van der Waals surface area contributed by atoms with Gasteiger partial charge in [0.25, 0.3) is 0 Å². The highest BCUT2D eigenvalue weighted by atomic mass is 14.4. The molecule has 0 heterocycles. The van der Waals surface area contributed by atoms with Crippen LogP contribution in [0.5, 0.6) is 0 Å². The number of fused-ring (bicyclic) bond motifs is 1. The van der Waals surface area contributed by atoms with Crippen LogP contribution in [-0.4, -0.2) is 0 Å². The summed E-state index contributed by atoms with van der Waals surface area (Å²) in [6.45, 7) is 4.71. The SMILES string of the molecule is CCC1=C2CC2C(C)CC1. The van der Waals surface area contributed by atoms with Crippen LogP contribution in [0.3, 0.4) is 0 Å². The zero-order chi connectivity index (χ0) is 7.14. The van der Waals surface area contributed by atoms with Gasteiger partial charge in [-0.2, -0.15) is 0 Å². The summed E-state index contributed by atoms with van der Waals surface area (Å²) >= 11 is 0. The minimum absolute atomic E-state index is 1.00. The van der Waals surface area contributed by atoms with Gasteiger partial charge in [0.2, 0.25) is 0 Å². The first-order valence-electron chi connectivity index (χ1n) is 4.53. The van der Waals surface area contributed by atoms with Gasteiger partial charge in [-0.1, -0.05) is 25.0 Å². The molecule has 2 aliphatic carbocycles. The maximum Gasteiger partial charge on any atom is -0.0137 e. The van der Waals surface area contributed by atoms with Crippen molar-refractivity contribution in [3.8, 4) is 0 Å². The van der Waals surface area contributed by atoms with Gasteiger partial charge in [-0.05, 0) is 37.5 Å². The van der Waals surface area contributed by atoms with Crippen LogP contribution in [0.25, 0.3) is 0 Å². The lowest BCUT2D eigenvalue weighted by Gasteiger charge is -2.16. The third-order valence-corrected chi connectivity index (χ3v) is 3.20. The summed E-state index contributed by atoms with van der Waals surface area (Å²) in [6, 6.07) is 0. The lowest BCUT2D eigenvalue weighted by Crippen LogP contribution is -2.03. The second-order valence-electron chi connectivity index (χ2n) is 3.81. The van der Waals surface area contributed by atoms with E-state index in [1.54, 1.807) is 5.57 Å². The molecule has 10 heavy (non-hydrogen) atoms. The number of allylic oxidation sites excluding steroid dienone is 2. The topological polar surface area (TPSA) is 0 Å². The molecule has 0 aromatic rings. The lowest BCUT2D eigenvalue weighted by molar-refractivity contribution is 0.463. The second-order valence-corrected chi connectivity index (χ2v) is 3.81. The van der Waals surface area contributed by atoms with Crippen molar-refractivity contribution in [3.05, 3.63) is 11.1 Å². The molecule has 0 aliphatic heterocycles. The molecule has 2 atom stereocenters. The highest BCUT2D eigenvalue weighted by Gasteiger charge is 2.39. The summed E-state index contributed by atoms with van der Waals surface area (Å²) in [7, 11) is 0. The predicted molar refractivity (Wildman–Crippen MR) is 43.8 cm³/mol. The van der Waals surface area contributed by atoms with E-state index in [1.807, 2.05) is 5.57 Å². The Kier molecular flexibility index (Phi) is 1.36. The van der Waals surface area contributed by atoms with Crippen LogP contribution in [-0.2, 0) is 0 Å². The van der Waals surface area contributed by atoms with Gasteiger partial charge in [0, 0.05) is 0 Å². The van der Waals surface area contributed by atoms with E-state index in [0.29, 0.717) is 0 Å². The molecule has 0 aromatic carbocycles. The predicted octanol–water partition coefficient (Wildman–Crippen LogP) is 3.14. The summed E-state index contributed by atoms with van der Waals surface area (Å²) in [5.41, 5.74) is 3.63. The molecule has 2 aliphatic rings. The number of hydrogen-bond acceptors (Lipinski definition) is 0. The minimum Gasteiger partial charge on any atom is -0.0709 e. The van der Waals surface area contributed by atoms with Gasteiger partial charge in [0.15, 0.2) is 0 Å². The quantitative estimate of drug-likeness (QED) is 0.486. The van der Waals surface area contributed by atoms with E-state index in [2.05, 4.69) is 13.8 Å². The lowest BCUT2D eigenvalue weighted by atomic mass is 9.90. The van der Waals surface area contributed by atoms with Crippen LogP contribution in [0.1, 0.15) is 39.5 Å². The van der Waals surface area contributed by atoms with Gasteiger partial charge in [-0.25, -0.2) is 0 Å². The molecule has 0 nitrogen and oxygen atoms in total. The van der Waals surface area contributed by atoms with Crippen molar-refractivity contribution >= 4 is 0 Å².